The Morgan fingerprint density at radius 1 is 1.00 bits per heavy atom. The fourth-order valence-electron chi connectivity index (χ4n) is 2.43. The molecule has 2 aromatic heterocycles. The van der Waals surface area contributed by atoms with Gasteiger partial charge in [0.15, 0.2) is 0 Å². The quantitative estimate of drug-likeness (QED) is 0.792. The van der Waals surface area contributed by atoms with Crippen molar-refractivity contribution in [1.82, 2.24) is 15.3 Å². The number of benzene rings is 1. The Morgan fingerprint density at radius 2 is 1.90 bits per heavy atom. The third-order valence-electron chi connectivity index (χ3n) is 3.67. The second-order valence-electron chi connectivity index (χ2n) is 5.39. The summed E-state index contributed by atoms with van der Waals surface area (Å²) in [6, 6.07) is 12.7. The van der Waals surface area contributed by atoms with Gasteiger partial charge in [0.2, 0.25) is 0 Å². The monoisotopic (exact) mass is 277 g/mol. The molecule has 0 saturated heterocycles. The molecule has 3 nitrogen and oxygen atoms in total. The van der Waals surface area contributed by atoms with E-state index >= 15 is 0 Å². The van der Waals surface area contributed by atoms with Gasteiger partial charge in [-0.15, -0.1) is 0 Å². The van der Waals surface area contributed by atoms with Crippen LogP contribution in [-0.4, -0.2) is 9.97 Å². The Kier molecular flexibility index (Phi) is 3.93. The van der Waals surface area contributed by atoms with E-state index in [4.69, 9.17) is 0 Å². The summed E-state index contributed by atoms with van der Waals surface area (Å²) in [5, 5.41) is 4.68. The minimum atomic E-state index is 0.853. The van der Waals surface area contributed by atoms with Gasteiger partial charge in [-0.3, -0.25) is 9.97 Å². The van der Waals surface area contributed by atoms with E-state index in [9.17, 15) is 0 Å². The molecule has 0 fully saturated rings. The van der Waals surface area contributed by atoms with Crippen LogP contribution in [0.4, 0.5) is 0 Å². The molecule has 3 rings (SSSR count). The second-order valence-corrected chi connectivity index (χ2v) is 5.39. The number of nitrogens with one attached hydrogen (secondary N) is 1. The first-order chi connectivity index (χ1) is 10.2. The molecular formula is C18H19N3. The molecule has 0 bridgehead atoms. The zero-order chi connectivity index (χ0) is 14.7. The number of hydrogen-bond donors (Lipinski definition) is 1. The number of aromatic nitrogens is 2. The number of aryl methyl sites for hydroxylation is 2. The highest BCUT2D eigenvalue weighted by Gasteiger charge is 2.00. The molecule has 0 saturated carbocycles. The van der Waals surface area contributed by atoms with Crippen LogP contribution in [0.15, 0.2) is 48.8 Å². The summed E-state index contributed by atoms with van der Waals surface area (Å²) in [6.07, 6.45) is 3.75. The number of hydrogen-bond acceptors (Lipinski definition) is 3. The Morgan fingerprint density at radius 3 is 2.76 bits per heavy atom. The van der Waals surface area contributed by atoms with Crippen LogP contribution < -0.4 is 5.32 Å². The van der Waals surface area contributed by atoms with Crippen molar-refractivity contribution in [2.75, 3.05) is 0 Å². The van der Waals surface area contributed by atoms with E-state index in [0.29, 0.717) is 0 Å². The molecule has 3 heteroatoms. The molecule has 0 radical (unpaired) electrons. The standard InChI is InChI=1S/C18H19N3/c1-13-10-19-8-7-17(13)12-20-11-15-4-6-18-16(9-15)5-3-14(2)21-18/h3-10,20H,11-12H2,1-2H3. The maximum absolute atomic E-state index is 4.53. The van der Waals surface area contributed by atoms with Gasteiger partial charge in [0.05, 0.1) is 5.52 Å². The summed E-state index contributed by atoms with van der Waals surface area (Å²) < 4.78 is 0. The predicted octanol–water partition coefficient (Wildman–Crippen LogP) is 3.54. The smallest absolute Gasteiger partial charge is 0.0705 e. The van der Waals surface area contributed by atoms with Gasteiger partial charge in [0.25, 0.3) is 0 Å². The normalized spacial score (nSPS) is 11.0. The third-order valence-corrected chi connectivity index (χ3v) is 3.67. The molecule has 106 valence electrons. The molecule has 0 aliphatic carbocycles. The van der Waals surface area contributed by atoms with Crippen molar-refractivity contribution in [2.45, 2.75) is 26.9 Å². The predicted molar refractivity (Wildman–Crippen MR) is 86.0 cm³/mol. The minimum absolute atomic E-state index is 0.853. The van der Waals surface area contributed by atoms with Gasteiger partial charge in [-0.1, -0.05) is 12.1 Å². The van der Waals surface area contributed by atoms with E-state index in [0.717, 1.165) is 24.3 Å². The Hall–Kier alpha value is -2.26. The molecule has 1 N–H and O–H groups in total. The van der Waals surface area contributed by atoms with E-state index in [-0.39, 0.29) is 0 Å². The lowest BCUT2D eigenvalue weighted by Crippen LogP contribution is -2.13. The van der Waals surface area contributed by atoms with Crippen LogP contribution in [0.5, 0.6) is 0 Å². The first-order valence-electron chi connectivity index (χ1n) is 7.19. The lowest BCUT2D eigenvalue weighted by molar-refractivity contribution is 0.690. The molecule has 3 aromatic rings. The van der Waals surface area contributed by atoms with Gasteiger partial charge in [-0.25, -0.2) is 0 Å². The van der Waals surface area contributed by atoms with E-state index in [2.05, 4.69) is 58.6 Å². The molecule has 0 amide bonds. The molecule has 0 atom stereocenters. The Labute approximate surface area is 125 Å². The topological polar surface area (TPSA) is 37.8 Å². The molecule has 2 heterocycles. The number of pyridine rings is 2. The third kappa shape index (κ3) is 3.26. The van der Waals surface area contributed by atoms with Crippen molar-refractivity contribution < 1.29 is 0 Å². The highest BCUT2D eigenvalue weighted by Crippen LogP contribution is 2.15. The summed E-state index contributed by atoms with van der Waals surface area (Å²) in [7, 11) is 0. The molecule has 21 heavy (non-hydrogen) atoms. The Bertz CT molecular complexity index is 765. The first-order valence-corrected chi connectivity index (χ1v) is 7.19. The molecule has 0 spiro atoms. The fraction of sp³-hybridized carbons (Fsp3) is 0.222. The van der Waals surface area contributed by atoms with Crippen LogP contribution in [-0.2, 0) is 13.1 Å². The van der Waals surface area contributed by atoms with Crippen LogP contribution in [0.2, 0.25) is 0 Å². The lowest BCUT2D eigenvalue weighted by Gasteiger charge is -2.08. The summed E-state index contributed by atoms with van der Waals surface area (Å²) in [6.45, 7) is 5.82. The van der Waals surface area contributed by atoms with Gasteiger partial charge in [0.1, 0.15) is 0 Å². The lowest BCUT2D eigenvalue weighted by atomic mass is 10.1. The number of rotatable bonds is 4. The van der Waals surface area contributed by atoms with Gasteiger partial charge < -0.3 is 5.32 Å². The SMILES string of the molecule is Cc1ccc2cc(CNCc3ccncc3C)ccc2n1. The average molecular weight is 277 g/mol. The van der Waals surface area contributed by atoms with Gasteiger partial charge >= 0.3 is 0 Å². The molecule has 0 aliphatic rings. The average Bonchev–Trinajstić information content (AvgIpc) is 2.49. The van der Waals surface area contributed by atoms with Crippen molar-refractivity contribution in [3.8, 4) is 0 Å². The van der Waals surface area contributed by atoms with Gasteiger partial charge in [-0.05, 0) is 54.8 Å². The van der Waals surface area contributed by atoms with Crippen LogP contribution in [0, 0.1) is 13.8 Å². The van der Waals surface area contributed by atoms with Crippen LogP contribution in [0.1, 0.15) is 22.4 Å². The van der Waals surface area contributed by atoms with Gasteiger partial charge in [0, 0.05) is 36.6 Å². The minimum Gasteiger partial charge on any atom is -0.309 e. The molecular weight excluding hydrogens is 258 g/mol. The van der Waals surface area contributed by atoms with Crippen molar-refractivity contribution in [3.63, 3.8) is 0 Å². The largest absolute Gasteiger partial charge is 0.309 e. The summed E-state index contributed by atoms with van der Waals surface area (Å²) in [4.78, 5) is 8.65. The number of nitrogens with zero attached hydrogens (tertiary/aromatic N) is 2. The summed E-state index contributed by atoms with van der Waals surface area (Å²) in [5.41, 5.74) is 5.91. The maximum atomic E-state index is 4.53. The van der Waals surface area contributed by atoms with Gasteiger partial charge in [-0.2, -0.15) is 0 Å². The Balaban J connectivity index is 1.68. The second kappa shape index (κ2) is 6.02. The maximum Gasteiger partial charge on any atom is 0.0705 e. The van der Waals surface area contributed by atoms with Crippen LogP contribution in [0.25, 0.3) is 10.9 Å². The summed E-state index contributed by atoms with van der Waals surface area (Å²) >= 11 is 0. The molecule has 0 unspecified atom stereocenters. The number of fused-ring (bicyclic) bond motifs is 1. The fourth-order valence-corrected chi connectivity index (χ4v) is 2.43. The van der Waals surface area contributed by atoms with E-state index in [1.807, 2.05) is 19.3 Å². The van der Waals surface area contributed by atoms with Crippen molar-refractivity contribution >= 4 is 10.9 Å². The first kappa shape index (κ1) is 13.7. The van der Waals surface area contributed by atoms with E-state index < -0.39 is 0 Å². The highest BCUT2D eigenvalue weighted by molar-refractivity contribution is 5.79. The van der Waals surface area contributed by atoms with Crippen molar-refractivity contribution in [2.24, 2.45) is 0 Å². The zero-order valence-electron chi connectivity index (χ0n) is 12.4. The van der Waals surface area contributed by atoms with Crippen molar-refractivity contribution in [1.29, 1.82) is 0 Å². The van der Waals surface area contributed by atoms with E-state index in [1.54, 1.807) is 0 Å². The molecule has 1 aromatic carbocycles. The summed E-state index contributed by atoms with van der Waals surface area (Å²) in [5.74, 6) is 0. The highest BCUT2D eigenvalue weighted by atomic mass is 14.8. The zero-order valence-corrected chi connectivity index (χ0v) is 12.4. The van der Waals surface area contributed by atoms with Crippen molar-refractivity contribution in [3.05, 3.63) is 71.2 Å². The van der Waals surface area contributed by atoms with Crippen LogP contribution in [0.3, 0.4) is 0 Å². The molecule has 0 aliphatic heterocycles. The van der Waals surface area contributed by atoms with Crippen LogP contribution >= 0.6 is 0 Å². The van der Waals surface area contributed by atoms with E-state index in [1.165, 1.54) is 22.1 Å².